The van der Waals surface area contributed by atoms with Crippen molar-refractivity contribution in [2.45, 2.75) is 19.8 Å². The third kappa shape index (κ3) is 4.09. The van der Waals surface area contributed by atoms with E-state index >= 15 is 0 Å². The monoisotopic (exact) mass is 420 g/mol. The minimum absolute atomic E-state index is 0.124. The molecule has 0 saturated carbocycles. The molecule has 1 aliphatic rings. The number of carbonyl (C=O) groups excluding carboxylic acids is 2. The minimum Gasteiger partial charge on any atom is -0.339 e. The fourth-order valence-electron chi connectivity index (χ4n) is 3.62. The van der Waals surface area contributed by atoms with E-state index in [0.717, 1.165) is 12.8 Å². The molecular weight excluding hydrogens is 399 g/mol. The van der Waals surface area contributed by atoms with E-state index < -0.39 is 22.8 Å². The molecule has 0 bridgehead atoms. The fraction of sp³-hybridized carbons (Fsp3) is 0.217. The van der Waals surface area contributed by atoms with Crippen LogP contribution < -0.4 is 10.7 Å². The molecular formula is C23H21FN4O3. The van der Waals surface area contributed by atoms with Gasteiger partial charge in [-0.05, 0) is 44.0 Å². The molecule has 0 unspecified atom stereocenters. The van der Waals surface area contributed by atoms with Gasteiger partial charge in [-0.25, -0.2) is 9.07 Å². The molecule has 31 heavy (non-hydrogen) atoms. The number of carbonyl (C=O) groups is 2. The lowest BCUT2D eigenvalue weighted by Gasteiger charge is -2.18. The van der Waals surface area contributed by atoms with Crippen LogP contribution >= 0.6 is 0 Å². The van der Waals surface area contributed by atoms with Gasteiger partial charge in [-0.1, -0.05) is 24.3 Å². The first-order chi connectivity index (χ1) is 15.0. The van der Waals surface area contributed by atoms with E-state index in [-0.39, 0.29) is 11.6 Å². The van der Waals surface area contributed by atoms with Crippen LogP contribution in [-0.4, -0.2) is 39.6 Å². The van der Waals surface area contributed by atoms with Gasteiger partial charge in [0, 0.05) is 24.8 Å². The van der Waals surface area contributed by atoms with Crippen LogP contribution in [0.1, 0.15) is 39.4 Å². The molecule has 2 heterocycles. The number of anilines is 1. The van der Waals surface area contributed by atoms with Gasteiger partial charge in [0.1, 0.15) is 11.5 Å². The molecule has 2 amide bonds. The van der Waals surface area contributed by atoms with Gasteiger partial charge in [0.15, 0.2) is 5.69 Å². The van der Waals surface area contributed by atoms with Gasteiger partial charge >= 0.3 is 0 Å². The number of aryl methyl sites for hydroxylation is 1. The van der Waals surface area contributed by atoms with Crippen LogP contribution in [0.4, 0.5) is 10.1 Å². The Morgan fingerprint density at radius 1 is 1.03 bits per heavy atom. The molecule has 3 aromatic rings. The number of rotatable bonds is 4. The second kappa shape index (κ2) is 8.51. The maximum absolute atomic E-state index is 14.2. The molecule has 0 aliphatic carbocycles. The highest BCUT2D eigenvalue weighted by atomic mass is 19.1. The number of benzene rings is 2. The number of hydrogen-bond donors (Lipinski definition) is 1. The van der Waals surface area contributed by atoms with Crippen LogP contribution in [0.3, 0.4) is 0 Å². The largest absolute Gasteiger partial charge is 0.339 e. The van der Waals surface area contributed by atoms with Crippen molar-refractivity contribution in [3.63, 3.8) is 0 Å². The quantitative estimate of drug-likeness (QED) is 0.703. The average molecular weight is 420 g/mol. The van der Waals surface area contributed by atoms with Gasteiger partial charge in [0.2, 0.25) is 5.43 Å². The lowest BCUT2D eigenvalue weighted by Crippen LogP contribution is -2.30. The van der Waals surface area contributed by atoms with Gasteiger partial charge < -0.3 is 10.2 Å². The molecule has 1 saturated heterocycles. The van der Waals surface area contributed by atoms with Gasteiger partial charge in [-0.2, -0.15) is 5.10 Å². The molecule has 0 spiro atoms. The SMILES string of the molecule is Cc1cc(=O)c(C(=O)Nc2ccccc2C(=O)N2CCCC2)nn1-c1ccccc1F. The zero-order valence-electron chi connectivity index (χ0n) is 17.0. The van der Waals surface area contributed by atoms with Crippen LogP contribution in [0.5, 0.6) is 0 Å². The smallest absolute Gasteiger partial charge is 0.280 e. The van der Waals surface area contributed by atoms with Crippen molar-refractivity contribution in [3.05, 3.63) is 87.6 Å². The first-order valence-corrected chi connectivity index (χ1v) is 10.0. The first kappa shape index (κ1) is 20.5. The number of nitrogens with zero attached hydrogens (tertiary/aromatic N) is 3. The van der Waals surface area contributed by atoms with Gasteiger partial charge in [-0.15, -0.1) is 0 Å². The number of hydrogen-bond acceptors (Lipinski definition) is 4. The molecule has 1 aromatic heterocycles. The molecule has 0 radical (unpaired) electrons. The molecule has 2 aromatic carbocycles. The van der Waals surface area contributed by atoms with Crippen molar-refractivity contribution >= 4 is 17.5 Å². The van der Waals surface area contributed by atoms with Crippen molar-refractivity contribution in [2.75, 3.05) is 18.4 Å². The Bertz CT molecular complexity index is 1220. The number of amides is 2. The molecule has 1 aliphatic heterocycles. The summed E-state index contributed by atoms with van der Waals surface area (Å²) in [5, 5.41) is 6.74. The predicted octanol–water partition coefficient (Wildman–Crippen LogP) is 3.17. The maximum Gasteiger partial charge on any atom is 0.280 e. The highest BCUT2D eigenvalue weighted by molar-refractivity contribution is 6.08. The number of halogens is 1. The Labute approximate surface area is 178 Å². The van der Waals surface area contributed by atoms with Crippen LogP contribution in [0.2, 0.25) is 0 Å². The van der Waals surface area contributed by atoms with Gasteiger partial charge in [0.05, 0.1) is 11.3 Å². The van der Waals surface area contributed by atoms with Crippen molar-refractivity contribution in [3.8, 4) is 5.69 Å². The molecule has 1 N–H and O–H groups in total. The van der Waals surface area contributed by atoms with E-state index in [1.807, 2.05) is 0 Å². The third-order valence-electron chi connectivity index (χ3n) is 5.20. The Balaban J connectivity index is 1.67. The second-order valence-electron chi connectivity index (χ2n) is 7.36. The highest BCUT2D eigenvalue weighted by Crippen LogP contribution is 2.21. The van der Waals surface area contributed by atoms with E-state index in [1.54, 1.807) is 48.2 Å². The maximum atomic E-state index is 14.2. The Morgan fingerprint density at radius 3 is 2.45 bits per heavy atom. The van der Waals surface area contributed by atoms with E-state index in [4.69, 9.17) is 0 Å². The number of aromatic nitrogens is 2. The number of para-hydroxylation sites is 2. The van der Waals surface area contributed by atoms with Crippen LogP contribution in [-0.2, 0) is 0 Å². The van der Waals surface area contributed by atoms with Crippen LogP contribution in [0.15, 0.2) is 59.4 Å². The summed E-state index contributed by atoms with van der Waals surface area (Å²) < 4.78 is 15.5. The van der Waals surface area contributed by atoms with E-state index in [1.165, 1.54) is 22.9 Å². The molecule has 1 fully saturated rings. The zero-order chi connectivity index (χ0) is 22.0. The molecule has 0 atom stereocenters. The van der Waals surface area contributed by atoms with Gasteiger partial charge in [0.25, 0.3) is 11.8 Å². The van der Waals surface area contributed by atoms with Crippen molar-refractivity contribution in [1.82, 2.24) is 14.7 Å². The van der Waals surface area contributed by atoms with Crippen molar-refractivity contribution < 1.29 is 14.0 Å². The second-order valence-corrected chi connectivity index (χ2v) is 7.36. The number of nitrogens with one attached hydrogen (secondary N) is 1. The Kier molecular flexibility index (Phi) is 5.62. The number of likely N-dealkylation sites (tertiary alicyclic amines) is 1. The summed E-state index contributed by atoms with van der Waals surface area (Å²) in [6, 6.07) is 13.8. The first-order valence-electron chi connectivity index (χ1n) is 10.0. The summed E-state index contributed by atoms with van der Waals surface area (Å²) in [6.07, 6.45) is 1.90. The summed E-state index contributed by atoms with van der Waals surface area (Å²) in [7, 11) is 0. The Hall–Kier alpha value is -3.81. The van der Waals surface area contributed by atoms with Crippen LogP contribution in [0.25, 0.3) is 5.69 Å². The fourth-order valence-corrected chi connectivity index (χ4v) is 3.62. The lowest BCUT2D eigenvalue weighted by atomic mass is 10.1. The summed E-state index contributed by atoms with van der Waals surface area (Å²) in [5.74, 6) is -1.47. The topological polar surface area (TPSA) is 84.3 Å². The molecule has 4 rings (SSSR count). The standard InChI is InChI=1S/C23H21FN4O3/c1-15-14-20(29)21(26-28(15)19-11-5-3-9-17(19)24)22(30)25-18-10-4-2-8-16(18)23(31)27-12-6-7-13-27/h2-5,8-11,14H,6-7,12-13H2,1H3,(H,25,30). The Morgan fingerprint density at radius 2 is 1.71 bits per heavy atom. The summed E-state index contributed by atoms with van der Waals surface area (Å²) >= 11 is 0. The average Bonchev–Trinajstić information content (AvgIpc) is 3.29. The zero-order valence-corrected chi connectivity index (χ0v) is 17.0. The van der Waals surface area contributed by atoms with Crippen LogP contribution in [0, 0.1) is 12.7 Å². The summed E-state index contributed by atoms with van der Waals surface area (Å²) in [5.41, 5.74) is 0.168. The minimum atomic E-state index is -0.767. The predicted molar refractivity (Wildman–Crippen MR) is 114 cm³/mol. The van der Waals surface area contributed by atoms with Gasteiger partial charge in [-0.3, -0.25) is 14.4 Å². The summed E-state index contributed by atoms with van der Waals surface area (Å²) in [4.78, 5) is 39.9. The lowest BCUT2D eigenvalue weighted by molar-refractivity contribution is 0.0794. The normalized spacial score (nSPS) is 13.3. The summed E-state index contributed by atoms with van der Waals surface area (Å²) in [6.45, 7) is 2.95. The van der Waals surface area contributed by atoms with E-state index in [2.05, 4.69) is 10.4 Å². The van der Waals surface area contributed by atoms with E-state index in [0.29, 0.717) is 30.0 Å². The molecule has 7 nitrogen and oxygen atoms in total. The van der Waals surface area contributed by atoms with E-state index in [9.17, 15) is 18.8 Å². The third-order valence-corrected chi connectivity index (χ3v) is 5.20. The molecule has 8 heteroatoms. The van der Waals surface area contributed by atoms with Crippen molar-refractivity contribution in [1.29, 1.82) is 0 Å². The molecule has 158 valence electrons. The van der Waals surface area contributed by atoms with Crippen molar-refractivity contribution in [2.24, 2.45) is 0 Å². The highest BCUT2D eigenvalue weighted by Gasteiger charge is 2.23.